The van der Waals surface area contributed by atoms with E-state index < -0.39 is 23.8 Å². The van der Waals surface area contributed by atoms with E-state index in [0.29, 0.717) is 23.3 Å². The van der Waals surface area contributed by atoms with Gasteiger partial charge < -0.3 is 14.2 Å². The van der Waals surface area contributed by atoms with Crippen molar-refractivity contribution >= 4 is 23.9 Å². The molecule has 1 aromatic rings. The molecular weight excluding hydrogens is 350 g/mol. The van der Waals surface area contributed by atoms with E-state index in [-0.39, 0.29) is 24.5 Å². The van der Waals surface area contributed by atoms with Gasteiger partial charge in [0.25, 0.3) is 0 Å². The molecule has 0 aromatic heterocycles. The van der Waals surface area contributed by atoms with Crippen molar-refractivity contribution in [3.05, 3.63) is 41.1 Å². The maximum atomic E-state index is 12.7. The standard InChI is InChI=1S/C20H23NO6/c1-5-26-19(23)16-12(3)21-14(11-22)18(20(24)27-6-2)17(16)13-9-7-8-10-15(13)25-4/h7-11,16-17H,5-6H2,1-4H3. The zero-order valence-corrected chi connectivity index (χ0v) is 15.9. The summed E-state index contributed by atoms with van der Waals surface area (Å²) < 4.78 is 15.8. The Morgan fingerprint density at radius 2 is 1.81 bits per heavy atom. The van der Waals surface area contributed by atoms with Crippen LogP contribution in [0.25, 0.3) is 0 Å². The van der Waals surface area contributed by atoms with Crippen LogP contribution in [0.5, 0.6) is 5.75 Å². The monoisotopic (exact) mass is 373 g/mol. The molecule has 2 rings (SSSR count). The van der Waals surface area contributed by atoms with E-state index in [1.165, 1.54) is 7.11 Å². The average molecular weight is 373 g/mol. The molecule has 2 atom stereocenters. The molecule has 1 heterocycles. The SMILES string of the molecule is CCOC(=O)C1=C(C=O)N=C(C)C(C(=O)OCC)C1c1ccccc1OC. The fraction of sp³-hybridized carbons (Fsp3) is 0.400. The molecule has 0 bridgehead atoms. The molecule has 0 spiro atoms. The third-order valence-corrected chi connectivity index (χ3v) is 4.29. The van der Waals surface area contributed by atoms with E-state index in [4.69, 9.17) is 14.2 Å². The molecule has 0 radical (unpaired) electrons. The minimum atomic E-state index is -0.871. The fourth-order valence-corrected chi connectivity index (χ4v) is 3.21. The second-order valence-electron chi connectivity index (χ2n) is 5.84. The number of benzene rings is 1. The summed E-state index contributed by atoms with van der Waals surface area (Å²) >= 11 is 0. The highest BCUT2D eigenvalue weighted by Crippen LogP contribution is 2.43. The topological polar surface area (TPSA) is 91.3 Å². The van der Waals surface area contributed by atoms with Crippen molar-refractivity contribution < 1.29 is 28.6 Å². The van der Waals surface area contributed by atoms with Gasteiger partial charge in [0, 0.05) is 17.2 Å². The summed E-state index contributed by atoms with van der Waals surface area (Å²) in [4.78, 5) is 41.2. The van der Waals surface area contributed by atoms with Gasteiger partial charge in [-0.15, -0.1) is 0 Å². The van der Waals surface area contributed by atoms with Gasteiger partial charge in [-0.25, -0.2) is 4.79 Å². The summed E-state index contributed by atoms with van der Waals surface area (Å²) in [6.45, 7) is 5.30. The average Bonchev–Trinajstić information content (AvgIpc) is 2.67. The second kappa shape index (κ2) is 9.12. The van der Waals surface area contributed by atoms with Crippen LogP contribution in [0.15, 0.2) is 40.5 Å². The zero-order valence-electron chi connectivity index (χ0n) is 15.9. The summed E-state index contributed by atoms with van der Waals surface area (Å²) in [6.07, 6.45) is 0.500. The first-order valence-electron chi connectivity index (χ1n) is 8.71. The van der Waals surface area contributed by atoms with Crippen molar-refractivity contribution in [3.8, 4) is 5.75 Å². The highest BCUT2D eigenvalue weighted by Gasteiger charge is 2.44. The molecule has 0 N–H and O–H groups in total. The first kappa shape index (κ1) is 20.4. The number of aliphatic imine (C=N–C) groups is 1. The largest absolute Gasteiger partial charge is 0.496 e. The lowest BCUT2D eigenvalue weighted by Crippen LogP contribution is -2.37. The third-order valence-electron chi connectivity index (χ3n) is 4.29. The number of esters is 2. The quantitative estimate of drug-likeness (QED) is 0.539. The number of nitrogens with zero attached hydrogens (tertiary/aromatic N) is 1. The molecule has 1 aliphatic heterocycles. The van der Waals surface area contributed by atoms with E-state index in [2.05, 4.69) is 4.99 Å². The van der Waals surface area contributed by atoms with Crippen LogP contribution in [-0.4, -0.2) is 44.3 Å². The number of para-hydroxylation sites is 1. The molecule has 2 unspecified atom stereocenters. The number of carbonyl (C=O) groups is 3. The number of hydrogen-bond donors (Lipinski definition) is 0. The minimum absolute atomic E-state index is 0.0278. The Morgan fingerprint density at radius 3 is 2.41 bits per heavy atom. The molecule has 0 saturated carbocycles. The Kier molecular flexibility index (Phi) is 6.87. The molecule has 0 saturated heterocycles. The van der Waals surface area contributed by atoms with Gasteiger partial charge in [-0.3, -0.25) is 14.6 Å². The van der Waals surface area contributed by atoms with Gasteiger partial charge in [0.1, 0.15) is 17.4 Å². The lowest BCUT2D eigenvalue weighted by molar-refractivity contribution is -0.146. The van der Waals surface area contributed by atoms with Crippen molar-refractivity contribution in [2.24, 2.45) is 10.9 Å². The molecule has 0 fully saturated rings. The molecule has 7 heteroatoms. The van der Waals surface area contributed by atoms with Crippen LogP contribution in [0, 0.1) is 5.92 Å². The number of methoxy groups -OCH3 is 1. The maximum Gasteiger partial charge on any atom is 0.336 e. The lowest BCUT2D eigenvalue weighted by Gasteiger charge is -2.31. The molecule has 1 aliphatic rings. The Hall–Kier alpha value is -2.96. The van der Waals surface area contributed by atoms with Crippen molar-refractivity contribution in [2.75, 3.05) is 20.3 Å². The predicted octanol–water partition coefficient (Wildman–Crippen LogP) is 2.45. The van der Waals surface area contributed by atoms with Crippen LogP contribution in [0.1, 0.15) is 32.3 Å². The van der Waals surface area contributed by atoms with Crippen molar-refractivity contribution in [1.82, 2.24) is 0 Å². The molecular formula is C20H23NO6. The number of carbonyl (C=O) groups excluding carboxylic acids is 3. The number of allylic oxidation sites excluding steroid dienone is 1. The normalized spacial score (nSPS) is 19.2. The summed E-state index contributed by atoms with van der Waals surface area (Å²) in [5.74, 6) is -2.41. The van der Waals surface area contributed by atoms with E-state index >= 15 is 0 Å². The third kappa shape index (κ3) is 4.07. The second-order valence-corrected chi connectivity index (χ2v) is 5.84. The van der Waals surface area contributed by atoms with Crippen molar-refractivity contribution in [2.45, 2.75) is 26.7 Å². The summed E-state index contributed by atoms with van der Waals surface area (Å²) in [5, 5.41) is 0. The van der Waals surface area contributed by atoms with Crippen molar-refractivity contribution in [3.63, 3.8) is 0 Å². The van der Waals surface area contributed by atoms with E-state index in [0.717, 1.165) is 0 Å². The highest BCUT2D eigenvalue weighted by molar-refractivity contribution is 6.09. The van der Waals surface area contributed by atoms with Gasteiger partial charge in [0.15, 0.2) is 6.29 Å². The van der Waals surface area contributed by atoms with Gasteiger partial charge in [0.2, 0.25) is 0 Å². The Bertz CT molecular complexity index is 795. The van der Waals surface area contributed by atoms with Gasteiger partial charge in [-0.2, -0.15) is 0 Å². The van der Waals surface area contributed by atoms with Crippen LogP contribution in [-0.2, 0) is 23.9 Å². The Balaban J connectivity index is 2.75. The fourth-order valence-electron chi connectivity index (χ4n) is 3.21. The van der Waals surface area contributed by atoms with Crippen LogP contribution >= 0.6 is 0 Å². The van der Waals surface area contributed by atoms with Gasteiger partial charge >= 0.3 is 11.9 Å². The number of ether oxygens (including phenoxy) is 3. The smallest absolute Gasteiger partial charge is 0.336 e. The zero-order chi connectivity index (χ0) is 20.0. The summed E-state index contributed by atoms with van der Waals surface area (Å²) in [5.41, 5.74) is 0.941. The van der Waals surface area contributed by atoms with Crippen molar-refractivity contribution in [1.29, 1.82) is 0 Å². The molecule has 0 amide bonds. The number of aldehydes is 1. The first-order valence-corrected chi connectivity index (χ1v) is 8.71. The summed E-state index contributed by atoms with van der Waals surface area (Å²) in [7, 11) is 1.50. The van der Waals surface area contributed by atoms with Crippen LogP contribution in [0.2, 0.25) is 0 Å². The van der Waals surface area contributed by atoms with E-state index in [9.17, 15) is 14.4 Å². The highest BCUT2D eigenvalue weighted by atomic mass is 16.5. The molecule has 27 heavy (non-hydrogen) atoms. The molecule has 0 aliphatic carbocycles. The van der Waals surface area contributed by atoms with Gasteiger partial charge in [-0.1, -0.05) is 18.2 Å². The van der Waals surface area contributed by atoms with Crippen LogP contribution in [0.4, 0.5) is 0 Å². The van der Waals surface area contributed by atoms with E-state index in [1.807, 2.05) is 0 Å². The maximum absolute atomic E-state index is 12.7. The molecule has 1 aromatic carbocycles. The Morgan fingerprint density at radius 1 is 1.15 bits per heavy atom. The Labute approximate surface area is 158 Å². The number of hydrogen-bond acceptors (Lipinski definition) is 7. The van der Waals surface area contributed by atoms with Crippen LogP contribution < -0.4 is 4.74 Å². The molecule has 7 nitrogen and oxygen atoms in total. The van der Waals surface area contributed by atoms with Gasteiger partial charge in [0.05, 0.1) is 25.9 Å². The number of rotatable bonds is 7. The van der Waals surface area contributed by atoms with Gasteiger partial charge in [-0.05, 0) is 26.8 Å². The lowest BCUT2D eigenvalue weighted by atomic mass is 9.75. The summed E-state index contributed by atoms with van der Waals surface area (Å²) in [6, 6.07) is 7.02. The predicted molar refractivity (Wildman–Crippen MR) is 98.7 cm³/mol. The first-order chi connectivity index (χ1) is 13.0. The molecule has 144 valence electrons. The van der Waals surface area contributed by atoms with E-state index in [1.54, 1.807) is 45.0 Å². The minimum Gasteiger partial charge on any atom is -0.496 e. The van der Waals surface area contributed by atoms with Crippen LogP contribution in [0.3, 0.4) is 0 Å².